The summed E-state index contributed by atoms with van der Waals surface area (Å²) in [4.78, 5) is 4.01. The molecule has 100 valence electrons. The van der Waals surface area contributed by atoms with E-state index >= 15 is 0 Å². The van der Waals surface area contributed by atoms with Gasteiger partial charge in [-0.15, -0.1) is 0 Å². The van der Waals surface area contributed by atoms with Crippen LogP contribution in [-0.4, -0.2) is 22.1 Å². The van der Waals surface area contributed by atoms with Crippen LogP contribution in [0.3, 0.4) is 0 Å². The SMILES string of the molecule is Fc1ccccc1C1CC(NCCn2ccnc2)C1. The predicted octanol–water partition coefficient (Wildman–Crippen LogP) is 2.56. The highest BCUT2D eigenvalue weighted by Gasteiger charge is 2.31. The van der Waals surface area contributed by atoms with Crippen molar-refractivity contribution in [2.75, 3.05) is 6.54 Å². The summed E-state index contributed by atoms with van der Waals surface area (Å²) < 4.78 is 15.7. The van der Waals surface area contributed by atoms with Crippen molar-refractivity contribution >= 4 is 0 Å². The Hall–Kier alpha value is -1.68. The Kier molecular flexibility index (Phi) is 3.60. The molecule has 0 amide bonds. The Morgan fingerprint density at radius 3 is 2.89 bits per heavy atom. The van der Waals surface area contributed by atoms with Gasteiger partial charge in [0, 0.05) is 31.5 Å². The average Bonchev–Trinajstić information content (AvgIpc) is 2.87. The van der Waals surface area contributed by atoms with Crippen LogP contribution in [0.2, 0.25) is 0 Å². The summed E-state index contributed by atoms with van der Waals surface area (Å²) in [5.74, 6) is 0.316. The largest absolute Gasteiger partial charge is 0.336 e. The number of rotatable bonds is 5. The molecule has 4 heteroatoms. The van der Waals surface area contributed by atoms with E-state index in [1.165, 1.54) is 0 Å². The molecule has 1 aliphatic rings. The van der Waals surface area contributed by atoms with Crippen LogP contribution in [0.4, 0.5) is 4.39 Å². The van der Waals surface area contributed by atoms with Crippen molar-refractivity contribution in [3.63, 3.8) is 0 Å². The zero-order valence-electron chi connectivity index (χ0n) is 10.8. The Labute approximate surface area is 112 Å². The average molecular weight is 259 g/mol. The van der Waals surface area contributed by atoms with Crippen molar-refractivity contribution < 1.29 is 4.39 Å². The molecule has 1 N–H and O–H groups in total. The van der Waals surface area contributed by atoms with Crippen LogP contribution >= 0.6 is 0 Å². The first-order valence-electron chi connectivity index (χ1n) is 6.76. The minimum atomic E-state index is -0.0654. The quantitative estimate of drug-likeness (QED) is 0.894. The van der Waals surface area contributed by atoms with Crippen LogP contribution in [0.25, 0.3) is 0 Å². The molecular formula is C15H18FN3. The monoisotopic (exact) mass is 259 g/mol. The van der Waals surface area contributed by atoms with Gasteiger partial charge in [0.2, 0.25) is 0 Å². The second-order valence-corrected chi connectivity index (χ2v) is 5.14. The van der Waals surface area contributed by atoms with Gasteiger partial charge in [-0.25, -0.2) is 9.37 Å². The van der Waals surface area contributed by atoms with Crippen LogP contribution in [0, 0.1) is 5.82 Å². The van der Waals surface area contributed by atoms with E-state index in [-0.39, 0.29) is 5.82 Å². The zero-order chi connectivity index (χ0) is 13.1. The summed E-state index contributed by atoms with van der Waals surface area (Å²) >= 11 is 0. The minimum absolute atomic E-state index is 0.0654. The van der Waals surface area contributed by atoms with E-state index in [1.807, 2.05) is 24.7 Å². The lowest BCUT2D eigenvalue weighted by Crippen LogP contribution is -2.41. The molecule has 0 unspecified atom stereocenters. The standard InChI is InChI=1S/C15H18FN3/c16-15-4-2-1-3-14(15)12-9-13(10-12)18-6-8-19-7-5-17-11-19/h1-5,7,11-13,18H,6,8-10H2. The van der Waals surface area contributed by atoms with Gasteiger partial charge >= 0.3 is 0 Å². The van der Waals surface area contributed by atoms with Crippen molar-refractivity contribution in [2.45, 2.75) is 31.3 Å². The summed E-state index contributed by atoms with van der Waals surface area (Å²) in [7, 11) is 0. The van der Waals surface area contributed by atoms with E-state index in [4.69, 9.17) is 0 Å². The topological polar surface area (TPSA) is 29.9 Å². The molecule has 1 saturated carbocycles. The first-order valence-corrected chi connectivity index (χ1v) is 6.76. The van der Waals surface area contributed by atoms with Crippen molar-refractivity contribution in [2.24, 2.45) is 0 Å². The van der Waals surface area contributed by atoms with E-state index in [2.05, 4.69) is 14.9 Å². The highest BCUT2D eigenvalue weighted by Crippen LogP contribution is 2.37. The van der Waals surface area contributed by atoms with Crippen molar-refractivity contribution in [1.29, 1.82) is 0 Å². The lowest BCUT2D eigenvalue weighted by molar-refractivity contribution is 0.283. The fraction of sp³-hybridized carbons (Fsp3) is 0.400. The van der Waals surface area contributed by atoms with E-state index in [0.717, 1.165) is 31.5 Å². The van der Waals surface area contributed by atoms with Crippen molar-refractivity contribution in [1.82, 2.24) is 14.9 Å². The summed E-state index contributed by atoms with van der Waals surface area (Å²) in [5.41, 5.74) is 0.871. The molecule has 1 aromatic heterocycles. The number of imidazole rings is 1. The van der Waals surface area contributed by atoms with E-state index in [9.17, 15) is 4.39 Å². The van der Waals surface area contributed by atoms with Gasteiger partial charge in [0.25, 0.3) is 0 Å². The lowest BCUT2D eigenvalue weighted by atomic mass is 9.75. The van der Waals surface area contributed by atoms with E-state index in [1.54, 1.807) is 18.3 Å². The molecule has 3 rings (SSSR count). The molecule has 0 bridgehead atoms. The summed E-state index contributed by atoms with van der Waals surface area (Å²) in [5, 5.41) is 3.51. The third-order valence-electron chi connectivity index (χ3n) is 3.85. The molecule has 0 aliphatic heterocycles. The van der Waals surface area contributed by atoms with E-state index < -0.39 is 0 Å². The van der Waals surface area contributed by atoms with Crippen LogP contribution in [0.15, 0.2) is 43.0 Å². The third kappa shape index (κ3) is 2.84. The molecule has 0 atom stereocenters. The van der Waals surface area contributed by atoms with Gasteiger partial charge in [0.1, 0.15) is 5.82 Å². The highest BCUT2D eigenvalue weighted by molar-refractivity contribution is 5.24. The number of nitrogens with one attached hydrogen (secondary N) is 1. The second kappa shape index (κ2) is 5.53. The van der Waals surface area contributed by atoms with Gasteiger partial charge in [0.15, 0.2) is 0 Å². The van der Waals surface area contributed by atoms with E-state index in [0.29, 0.717) is 12.0 Å². The maximum atomic E-state index is 13.6. The number of hydrogen-bond acceptors (Lipinski definition) is 2. The zero-order valence-corrected chi connectivity index (χ0v) is 10.8. The number of benzene rings is 1. The minimum Gasteiger partial charge on any atom is -0.336 e. The predicted molar refractivity (Wildman–Crippen MR) is 72.4 cm³/mol. The smallest absolute Gasteiger partial charge is 0.126 e. The molecule has 2 aromatic rings. The Morgan fingerprint density at radius 2 is 2.16 bits per heavy atom. The highest BCUT2D eigenvalue weighted by atomic mass is 19.1. The van der Waals surface area contributed by atoms with Crippen LogP contribution in [0.1, 0.15) is 24.3 Å². The summed E-state index contributed by atoms with van der Waals surface area (Å²) in [6.45, 7) is 1.87. The normalized spacial score (nSPS) is 22.2. The Morgan fingerprint density at radius 1 is 1.32 bits per heavy atom. The molecule has 19 heavy (non-hydrogen) atoms. The Bertz CT molecular complexity index is 518. The first kappa shape index (κ1) is 12.4. The molecule has 0 spiro atoms. The van der Waals surface area contributed by atoms with Gasteiger partial charge < -0.3 is 9.88 Å². The molecule has 1 fully saturated rings. The molecule has 1 aromatic carbocycles. The molecule has 1 heterocycles. The first-order chi connectivity index (χ1) is 9.33. The molecule has 0 saturated heterocycles. The lowest BCUT2D eigenvalue weighted by Gasteiger charge is -2.36. The number of aromatic nitrogens is 2. The van der Waals surface area contributed by atoms with Crippen LogP contribution in [0.5, 0.6) is 0 Å². The van der Waals surface area contributed by atoms with Gasteiger partial charge in [-0.05, 0) is 30.4 Å². The maximum absolute atomic E-state index is 13.6. The van der Waals surface area contributed by atoms with Gasteiger partial charge in [-0.1, -0.05) is 18.2 Å². The van der Waals surface area contributed by atoms with Crippen LogP contribution < -0.4 is 5.32 Å². The van der Waals surface area contributed by atoms with Crippen LogP contribution in [-0.2, 0) is 6.54 Å². The number of halogens is 1. The van der Waals surface area contributed by atoms with Crippen molar-refractivity contribution in [3.05, 3.63) is 54.4 Å². The molecule has 1 aliphatic carbocycles. The molecule has 3 nitrogen and oxygen atoms in total. The summed E-state index contributed by atoms with van der Waals surface area (Å²) in [6, 6.07) is 7.64. The third-order valence-corrected chi connectivity index (χ3v) is 3.85. The number of nitrogens with zero attached hydrogens (tertiary/aromatic N) is 2. The van der Waals surface area contributed by atoms with Gasteiger partial charge in [-0.2, -0.15) is 0 Å². The van der Waals surface area contributed by atoms with Crippen molar-refractivity contribution in [3.8, 4) is 0 Å². The fourth-order valence-corrected chi connectivity index (χ4v) is 2.66. The Balaban J connectivity index is 1.42. The number of hydrogen-bond donors (Lipinski definition) is 1. The fourth-order valence-electron chi connectivity index (χ4n) is 2.66. The molecule has 0 radical (unpaired) electrons. The second-order valence-electron chi connectivity index (χ2n) is 5.14. The molecular weight excluding hydrogens is 241 g/mol. The van der Waals surface area contributed by atoms with Gasteiger partial charge in [-0.3, -0.25) is 0 Å². The maximum Gasteiger partial charge on any atom is 0.126 e. The van der Waals surface area contributed by atoms with Gasteiger partial charge in [0.05, 0.1) is 6.33 Å². The summed E-state index contributed by atoms with van der Waals surface area (Å²) in [6.07, 6.45) is 7.64.